The zero-order valence-electron chi connectivity index (χ0n) is 19.0. The van der Waals surface area contributed by atoms with Crippen LogP contribution in [0.1, 0.15) is 56.4 Å². The number of aromatic nitrogens is 3. The van der Waals surface area contributed by atoms with E-state index in [4.69, 9.17) is 4.98 Å². The van der Waals surface area contributed by atoms with Gasteiger partial charge in [-0.2, -0.15) is 20.5 Å². The van der Waals surface area contributed by atoms with Crippen molar-refractivity contribution in [2.45, 2.75) is 46.6 Å². The summed E-state index contributed by atoms with van der Waals surface area (Å²) in [4.78, 5) is 12.2. The third kappa shape index (κ3) is 4.84. The number of azo groups is 1. The van der Waals surface area contributed by atoms with Crippen molar-refractivity contribution < 1.29 is 0 Å². The zero-order valence-corrected chi connectivity index (χ0v) is 19.8. The number of imidazole rings is 1. The van der Waals surface area contributed by atoms with E-state index in [0.717, 1.165) is 28.7 Å². The summed E-state index contributed by atoms with van der Waals surface area (Å²) < 4.78 is 1.62. The van der Waals surface area contributed by atoms with Crippen LogP contribution in [0, 0.1) is 22.7 Å². The van der Waals surface area contributed by atoms with Crippen molar-refractivity contribution in [2.75, 3.05) is 18.0 Å². The molecule has 0 saturated heterocycles. The fraction of sp³-hybridized carbons (Fsp3) is 0.391. The lowest BCUT2D eigenvalue weighted by Crippen LogP contribution is -2.21. The third-order valence-corrected chi connectivity index (χ3v) is 6.42. The molecule has 0 fully saturated rings. The molecule has 0 radical (unpaired) electrons. The number of benzene rings is 1. The lowest BCUT2D eigenvalue weighted by atomic mass is 9.95. The van der Waals surface area contributed by atoms with Gasteiger partial charge in [-0.1, -0.05) is 62.4 Å². The zero-order chi connectivity index (χ0) is 23.3. The predicted octanol–water partition coefficient (Wildman–Crippen LogP) is 5.69. The number of nitrogens with zero attached hydrogens (tertiary/aromatic N) is 8. The molecule has 0 amide bonds. The van der Waals surface area contributed by atoms with Crippen LogP contribution in [0.4, 0.5) is 16.9 Å². The summed E-state index contributed by atoms with van der Waals surface area (Å²) in [5.74, 6) is 0.745. The topological polar surface area (TPSA) is 106 Å². The van der Waals surface area contributed by atoms with E-state index in [0.29, 0.717) is 12.4 Å². The van der Waals surface area contributed by atoms with Crippen molar-refractivity contribution >= 4 is 28.2 Å². The molecule has 0 unspecified atom stereocenters. The second kappa shape index (κ2) is 9.71. The summed E-state index contributed by atoms with van der Waals surface area (Å²) in [6.45, 7) is 12.6. The summed E-state index contributed by atoms with van der Waals surface area (Å²) in [6, 6.07) is 13.7. The highest BCUT2D eigenvalue weighted by atomic mass is 32.1. The van der Waals surface area contributed by atoms with E-state index < -0.39 is 0 Å². The van der Waals surface area contributed by atoms with Gasteiger partial charge in [-0.25, -0.2) is 0 Å². The van der Waals surface area contributed by atoms with Crippen LogP contribution in [0.2, 0.25) is 0 Å². The maximum Gasteiger partial charge on any atom is 0.252 e. The van der Waals surface area contributed by atoms with Crippen LogP contribution in [0.5, 0.6) is 0 Å². The Kier molecular flexibility index (Phi) is 7.01. The van der Waals surface area contributed by atoms with E-state index in [-0.39, 0.29) is 22.8 Å². The molecule has 0 spiro atoms. The van der Waals surface area contributed by atoms with Crippen molar-refractivity contribution in [3.05, 3.63) is 52.2 Å². The molecule has 0 atom stereocenters. The van der Waals surface area contributed by atoms with Gasteiger partial charge in [-0.05, 0) is 19.4 Å². The standard InChI is InChI=1S/C23H26N8S/c1-6-30(7-2)22-27-20(19(32-22)23(3,4)5)28-29-21-26-17(13-24)18(14-25)31(21)15-16-11-9-8-10-12-16/h8-12H,6-7,15H2,1-5H3. The van der Waals surface area contributed by atoms with Crippen molar-refractivity contribution in [1.82, 2.24) is 14.5 Å². The Morgan fingerprint density at radius 2 is 1.72 bits per heavy atom. The molecule has 0 aliphatic rings. The first-order chi connectivity index (χ1) is 15.3. The monoisotopic (exact) mass is 446 g/mol. The highest BCUT2D eigenvalue weighted by Crippen LogP contribution is 2.40. The van der Waals surface area contributed by atoms with Gasteiger partial charge >= 0.3 is 0 Å². The molecule has 0 saturated carbocycles. The summed E-state index contributed by atoms with van der Waals surface area (Å²) in [7, 11) is 0. The van der Waals surface area contributed by atoms with Crippen LogP contribution in [0.3, 0.4) is 0 Å². The number of anilines is 1. The second-order valence-corrected chi connectivity index (χ2v) is 9.15. The number of rotatable bonds is 7. The second-order valence-electron chi connectivity index (χ2n) is 8.18. The molecule has 32 heavy (non-hydrogen) atoms. The van der Waals surface area contributed by atoms with E-state index >= 15 is 0 Å². The first-order valence-electron chi connectivity index (χ1n) is 10.4. The van der Waals surface area contributed by atoms with Crippen LogP contribution in [-0.2, 0) is 12.0 Å². The lowest BCUT2D eigenvalue weighted by molar-refractivity contribution is 0.603. The lowest BCUT2D eigenvalue weighted by Gasteiger charge is -2.17. The number of nitriles is 2. The predicted molar refractivity (Wildman–Crippen MR) is 126 cm³/mol. The van der Waals surface area contributed by atoms with E-state index in [1.165, 1.54) is 0 Å². The minimum absolute atomic E-state index is 0.0375. The molecular formula is C23H26N8S. The van der Waals surface area contributed by atoms with Gasteiger partial charge in [0.25, 0.3) is 5.95 Å². The SMILES string of the molecule is CCN(CC)c1nc(N=Nc2nc(C#N)c(C#N)n2Cc2ccccc2)c(C(C)(C)C)s1. The van der Waals surface area contributed by atoms with Crippen molar-refractivity contribution in [1.29, 1.82) is 10.5 Å². The van der Waals surface area contributed by atoms with Crippen LogP contribution in [0.25, 0.3) is 0 Å². The van der Waals surface area contributed by atoms with Gasteiger partial charge in [0.2, 0.25) is 0 Å². The highest BCUT2D eigenvalue weighted by Gasteiger charge is 2.25. The van der Waals surface area contributed by atoms with Gasteiger partial charge < -0.3 is 4.90 Å². The van der Waals surface area contributed by atoms with E-state index in [1.807, 2.05) is 36.4 Å². The van der Waals surface area contributed by atoms with Crippen molar-refractivity contribution in [3.63, 3.8) is 0 Å². The Balaban J connectivity index is 2.07. The smallest absolute Gasteiger partial charge is 0.252 e. The van der Waals surface area contributed by atoms with Crippen molar-refractivity contribution in [3.8, 4) is 12.1 Å². The average molecular weight is 447 g/mol. The van der Waals surface area contributed by atoms with E-state index in [2.05, 4.69) is 60.8 Å². The molecule has 0 aliphatic carbocycles. The number of hydrogen-bond donors (Lipinski definition) is 0. The quantitative estimate of drug-likeness (QED) is 0.433. The minimum Gasteiger partial charge on any atom is -0.349 e. The first-order valence-corrected chi connectivity index (χ1v) is 11.3. The number of hydrogen-bond acceptors (Lipinski definition) is 8. The first kappa shape index (κ1) is 23.1. The van der Waals surface area contributed by atoms with Gasteiger partial charge in [0.05, 0.1) is 11.4 Å². The summed E-state index contributed by atoms with van der Waals surface area (Å²) in [5, 5.41) is 28.8. The molecule has 2 heterocycles. The normalized spacial score (nSPS) is 11.5. The van der Waals surface area contributed by atoms with Gasteiger partial charge in [0.1, 0.15) is 12.1 Å². The number of thiazole rings is 1. The Morgan fingerprint density at radius 3 is 2.28 bits per heavy atom. The molecule has 0 N–H and O–H groups in total. The molecule has 0 bridgehead atoms. The third-order valence-electron chi connectivity index (χ3n) is 4.89. The Labute approximate surface area is 192 Å². The average Bonchev–Trinajstić information content (AvgIpc) is 3.35. The molecule has 8 nitrogen and oxygen atoms in total. The highest BCUT2D eigenvalue weighted by molar-refractivity contribution is 7.16. The molecule has 1 aromatic carbocycles. The molecule has 3 rings (SSSR count). The van der Waals surface area contributed by atoms with Gasteiger partial charge in [-0.15, -0.1) is 10.2 Å². The molecule has 3 aromatic rings. The maximum atomic E-state index is 9.63. The van der Waals surface area contributed by atoms with Crippen LogP contribution in [-0.4, -0.2) is 27.6 Å². The van der Waals surface area contributed by atoms with Gasteiger partial charge in [0, 0.05) is 18.5 Å². The Hall–Kier alpha value is -3.56. The van der Waals surface area contributed by atoms with Gasteiger partial charge in [-0.3, -0.25) is 4.57 Å². The summed E-state index contributed by atoms with van der Waals surface area (Å²) in [5.41, 5.74) is 1.01. The molecule has 2 aromatic heterocycles. The fourth-order valence-electron chi connectivity index (χ4n) is 3.20. The largest absolute Gasteiger partial charge is 0.349 e. The van der Waals surface area contributed by atoms with Crippen LogP contribution in [0.15, 0.2) is 40.6 Å². The van der Waals surface area contributed by atoms with Crippen molar-refractivity contribution in [2.24, 2.45) is 10.2 Å². The van der Waals surface area contributed by atoms with Crippen LogP contribution >= 0.6 is 11.3 Å². The molecule has 164 valence electrons. The molecule has 9 heteroatoms. The van der Waals surface area contributed by atoms with Crippen LogP contribution < -0.4 is 4.90 Å². The fourth-order valence-corrected chi connectivity index (χ4v) is 4.39. The minimum atomic E-state index is -0.160. The summed E-state index contributed by atoms with van der Waals surface area (Å²) in [6.07, 6.45) is 0. The maximum absolute atomic E-state index is 9.63. The molecule has 0 aliphatic heterocycles. The van der Waals surface area contributed by atoms with E-state index in [9.17, 15) is 10.5 Å². The van der Waals surface area contributed by atoms with Gasteiger partial charge in [0.15, 0.2) is 22.3 Å². The summed E-state index contributed by atoms with van der Waals surface area (Å²) >= 11 is 1.61. The Morgan fingerprint density at radius 1 is 1.03 bits per heavy atom. The van der Waals surface area contributed by atoms with E-state index in [1.54, 1.807) is 15.9 Å². The molecular weight excluding hydrogens is 420 g/mol. The Bertz CT molecular complexity index is 1180.